The number of hydrogen-bond acceptors (Lipinski definition) is 4. The molecule has 2 aromatic rings. The highest BCUT2D eigenvalue weighted by atomic mass is 35.5. The number of aliphatic hydroxyl groups is 1. The molecule has 19 heavy (non-hydrogen) atoms. The minimum Gasteiger partial charge on any atom is -0.477 e. The molecule has 1 N–H and O–H groups in total. The Morgan fingerprint density at radius 3 is 2.68 bits per heavy atom. The van der Waals surface area contributed by atoms with Crippen molar-refractivity contribution in [2.45, 2.75) is 19.4 Å². The Hall–Kier alpha value is -1.65. The van der Waals surface area contributed by atoms with Gasteiger partial charge in [0.15, 0.2) is 0 Å². The van der Waals surface area contributed by atoms with Gasteiger partial charge in [-0.15, -0.1) is 0 Å². The van der Waals surface area contributed by atoms with Crippen LogP contribution in [0.3, 0.4) is 0 Å². The largest absolute Gasteiger partial charge is 0.477 e. The lowest BCUT2D eigenvalue weighted by Crippen LogP contribution is -2.02. The second-order valence-electron chi connectivity index (χ2n) is 4.10. The summed E-state index contributed by atoms with van der Waals surface area (Å²) in [6.07, 6.45) is 6.92. The van der Waals surface area contributed by atoms with E-state index in [1.165, 1.54) is 5.56 Å². The van der Waals surface area contributed by atoms with Crippen molar-refractivity contribution in [2.75, 3.05) is 6.61 Å². The third kappa shape index (κ3) is 4.19. The summed E-state index contributed by atoms with van der Waals surface area (Å²) in [7, 11) is 0. The third-order valence-electron chi connectivity index (χ3n) is 2.64. The summed E-state index contributed by atoms with van der Waals surface area (Å²) in [6, 6.07) is 5.63. The highest BCUT2D eigenvalue weighted by Gasteiger charge is 2.04. The number of nitrogens with zero attached hydrogens (tertiary/aromatic N) is 2. The summed E-state index contributed by atoms with van der Waals surface area (Å²) in [5.74, 6) is 0.411. The molecular formula is C14H15ClN2O2. The Kier molecular flexibility index (Phi) is 5.12. The summed E-state index contributed by atoms with van der Waals surface area (Å²) in [5, 5.41) is 9.37. The highest BCUT2D eigenvalue weighted by Crippen LogP contribution is 2.22. The fourth-order valence-electron chi connectivity index (χ4n) is 1.65. The van der Waals surface area contributed by atoms with E-state index in [4.69, 9.17) is 21.4 Å². The van der Waals surface area contributed by atoms with Crippen LogP contribution in [0.15, 0.2) is 36.8 Å². The molecule has 0 aromatic carbocycles. The zero-order valence-electron chi connectivity index (χ0n) is 10.4. The van der Waals surface area contributed by atoms with Crippen molar-refractivity contribution in [3.05, 3.63) is 52.9 Å². The number of pyridine rings is 2. The summed E-state index contributed by atoms with van der Waals surface area (Å²) in [5.41, 5.74) is 1.91. The minimum absolute atomic E-state index is 0.0744. The van der Waals surface area contributed by atoms with Gasteiger partial charge in [0.25, 0.3) is 0 Å². The van der Waals surface area contributed by atoms with E-state index in [2.05, 4.69) is 9.97 Å². The third-order valence-corrected chi connectivity index (χ3v) is 2.92. The van der Waals surface area contributed by atoms with Gasteiger partial charge in [-0.1, -0.05) is 11.6 Å². The second kappa shape index (κ2) is 7.07. The van der Waals surface area contributed by atoms with E-state index in [0.717, 1.165) is 12.8 Å². The number of halogens is 1. The van der Waals surface area contributed by atoms with Gasteiger partial charge in [-0.3, -0.25) is 4.98 Å². The lowest BCUT2D eigenvalue weighted by atomic mass is 10.1. The van der Waals surface area contributed by atoms with Gasteiger partial charge in [0.05, 0.1) is 13.2 Å². The Morgan fingerprint density at radius 2 is 2.00 bits per heavy atom. The van der Waals surface area contributed by atoms with Crippen molar-refractivity contribution in [1.29, 1.82) is 0 Å². The summed E-state index contributed by atoms with van der Waals surface area (Å²) < 4.78 is 5.52. The molecule has 0 amide bonds. The van der Waals surface area contributed by atoms with Gasteiger partial charge < -0.3 is 9.84 Å². The first-order chi connectivity index (χ1) is 9.29. The molecule has 0 radical (unpaired) electrons. The summed E-state index contributed by atoms with van der Waals surface area (Å²) in [6.45, 7) is 0.475. The van der Waals surface area contributed by atoms with E-state index in [9.17, 15) is 0 Å². The molecule has 0 aliphatic rings. The highest BCUT2D eigenvalue weighted by molar-refractivity contribution is 6.31. The van der Waals surface area contributed by atoms with Crippen LogP contribution >= 0.6 is 11.6 Å². The fraction of sp³-hybridized carbons (Fsp3) is 0.286. The quantitative estimate of drug-likeness (QED) is 0.826. The molecule has 0 aliphatic carbocycles. The number of rotatable bonds is 6. The Labute approximate surface area is 117 Å². The molecule has 0 spiro atoms. The van der Waals surface area contributed by atoms with Crippen LogP contribution in [0.25, 0.3) is 0 Å². The maximum absolute atomic E-state index is 8.95. The van der Waals surface area contributed by atoms with Gasteiger partial charge in [0, 0.05) is 18.6 Å². The van der Waals surface area contributed by atoms with E-state index in [1.807, 2.05) is 12.1 Å². The predicted octanol–water partition coefficient (Wildman–Crippen LogP) is 2.63. The first-order valence-corrected chi connectivity index (χ1v) is 6.44. The zero-order valence-corrected chi connectivity index (χ0v) is 11.2. The molecular weight excluding hydrogens is 264 g/mol. The van der Waals surface area contributed by atoms with E-state index in [-0.39, 0.29) is 6.61 Å². The van der Waals surface area contributed by atoms with Crippen LogP contribution in [0.5, 0.6) is 5.88 Å². The number of aryl methyl sites for hydroxylation is 1. The monoisotopic (exact) mass is 278 g/mol. The number of hydrogen-bond donors (Lipinski definition) is 1. The maximum Gasteiger partial charge on any atom is 0.232 e. The van der Waals surface area contributed by atoms with Crippen LogP contribution in [0.2, 0.25) is 5.02 Å². The van der Waals surface area contributed by atoms with Crippen LogP contribution in [-0.2, 0) is 13.0 Å². The Morgan fingerprint density at radius 1 is 1.21 bits per heavy atom. The van der Waals surface area contributed by atoms with Gasteiger partial charge in [-0.05, 0) is 42.2 Å². The average Bonchev–Trinajstić information content (AvgIpc) is 2.46. The number of ether oxygens (including phenoxy) is 1. The number of aromatic nitrogens is 2. The topological polar surface area (TPSA) is 55.2 Å². The molecule has 0 atom stereocenters. The van der Waals surface area contributed by atoms with Crippen molar-refractivity contribution in [3.63, 3.8) is 0 Å². The SMILES string of the molecule is OCc1cnc(OCCCc2ccncc2)c(Cl)c1. The van der Waals surface area contributed by atoms with E-state index in [1.54, 1.807) is 24.7 Å². The van der Waals surface area contributed by atoms with E-state index >= 15 is 0 Å². The maximum atomic E-state index is 8.95. The predicted molar refractivity (Wildman–Crippen MR) is 73.2 cm³/mol. The smallest absolute Gasteiger partial charge is 0.232 e. The van der Waals surface area contributed by atoms with Crippen molar-refractivity contribution in [3.8, 4) is 5.88 Å². The van der Waals surface area contributed by atoms with E-state index < -0.39 is 0 Å². The molecule has 0 unspecified atom stereocenters. The first kappa shape index (κ1) is 13.8. The molecule has 100 valence electrons. The lowest BCUT2D eigenvalue weighted by Gasteiger charge is -2.07. The molecule has 2 aromatic heterocycles. The van der Waals surface area contributed by atoms with Crippen LogP contribution in [-0.4, -0.2) is 21.7 Å². The lowest BCUT2D eigenvalue weighted by molar-refractivity contribution is 0.279. The zero-order chi connectivity index (χ0) is 13.5. The number of aliphatic hydroxyl groups excluding tert-OH is 1. The summed E-state index contributed by atoms with van der Waals surface area (Å²) in [4.78, 5) is 8.04. The van der Waals surface area contributed by atoms with Gasteiger partial charge in [0.2, 0.25) is 5.88 Å². The molecule has 0 bridgehead atoms. The standard InChI is InChI=1S/C14H15ClN2O2/c15-13-8-12(10-18)9-17-14(13)19-7-1-2-11-3-5-16-6-4-11/h3-6,8-9,18H,1-2,7,10H2. The van der Waals surface area contributed by atoms with Crippen molar-refractivity contribution in [2.24, 2.45) is 0 Å². The van der Waals surface area contributed by atoms with Gasteiger partial charge in [-0.25, -0.2) is 4.98 Å². The minimum atomic E-state index is -0.0744. The molecule has 0 aliphatic heterocycles. The van der Waals surface area contributed by atoms with Gasteiger partial charge in [-0.2, -0.15) is 0 Å². The van der Waals surface area contributed by atoms with Crippen LogP contribution in [0.1, 0.15) is 17.5 Å². The van der Waals surface area contributed by atoms with Crippen LogP contribution in [0, 0.1) is 0 Å². The van der Waals surface area contributed by atoms with Crippen molar-refractivity contribution < 1.29 is 9.84 Å². The van der Waals surface area contributed by atoms with Gasteiger partial charge in [0.1, 0.15) is 5.02 Å². The molecule has 2 rings (SSSR count). The Balaban J connectivity index is 1.80. The molecule has 4 nitrogen and oxygen atoms in total. The average molecular weight is 279 g/mol. The molecule has 0 fully saturated rings. The first-order valence-electron chi connectivity index (χ1n) is 6.06. The molecule has 2 heterocycles. The normalized spacial score (nSPS) is 10.4. The fourth-order valence-corrected chi connectivity index (χ4v) is 1.90. The van der Waals surface area contributed by atoms with Crippen LogP contribution < -0.4 is 4.74 Å². The van der Waals surface area contributed by atoms with Gasteiger partial charge >= 0.3 is 0 Å². The second-order valence-corrected chi connectivity index (χ2v) is 4.50. The van der Waals surface area contributed by atoms with Crippen molar-refractivity contribution in [1.82, 2.24) is 9.97 Å². The molecule has 0 saturated carbocycles. The Bertz CT molecular complexity index is 520. The van der Waals surface area contributed by atoms with E-state index in [0.29, 0.717) is 23.1 Å². The van der Waals surface area contributed by atoms with Crippen LogP contribution in [0.4, 0.5) is 0 Å². The molecule has 5 heteroatoms. The van der Waals surface area contributed by atoms with Crippen molar-refractivity contribution >= 4 is 11.6 Å². The summed E-state index contributed by atoms with van der Waals surface area (Å²) >= 11 is 6.00. The molecule has 0 saturated heterocycles.